The molecule has 0 aliphatic rings. The van der Waals surface area contributed by atoms with Crippen LogP contribution in [0.5, 0.6) is 0 Å². The molecular weight excluding hydrogens is 335 g/mol. The summed E-state index contributed by atoms with van der Waals surface area (Å²) in [6.07, 6.45) is 0.00146. The molecule has 0 aliphatic carbocycles. The van der Waals surface area contributed by atoms with Crippen molar-refractivity contribution < 1.29 is 27.1 Å². The molecule has 0 bridgehead atoms. The minimum atomic E-state index is -3.36. The molecule has 2 aromatic rings. The molecule has 24 heavy (non-hydrogen) atoms. The van der Waals surface area contributed by atoms with Crippen LogP contribution in [0.25, 0.3) is 0 Å². The zero-order valence-electron chi connectivity index (χ0n) is 13.0. The summed E-state index contributed by atoms with van der Waals surface area (Å²) in [5.41, 5.74) is 0.352. The third kappa shape index (κ3) is 4.26. The predicted octanol–water partition coefficient (Wildman–Crippen LogP) is 2.66. The summed E-state index contributed by atoms with van der Waals surface area (Å²) in [6.45, 7) is 1.41. The number of carbonyl (C=O) groups is 2. The Bertz CT molecular complexity index is 855. The van der Waals surface area contributed by atoms with Gasteiger partial charge in [0, 0.05) is 11.8 Å². The van der Waals surface area contributed by atoms with E-state index in [2.05, 4.69) is 0 Å². The van der Waals surface area contributed by atoms with Crippen molar-refractivity contribution in [3.8, 4) is 0 Å². The van der Waals surface area contributed by atoms with Crippen molar-refractivity contribution in [1.29, 1.82) is 0 Å². The Morgan fingerprint density at radius 2 is 1.46 bits per heavy atom. The number of Topliss-reactive ketones (excluding diaryl/α,β-unsaturated/α-hetero) is 1. The number of ketones is 1. The maximum Gasteiger partial charge on any atom is 0.338 e. The molecule has 0 amide bonds. The van der Waals surface area contributed by atoms with Gasteiger partial charge in [0.15, 0.2) is 15.9 Å². The lowest BCUT2D eigenvalue weighted by Gasteiger charge is -2.12. The lowest BCUT2D eigenvalue weighted by molar-refractivity contribution is 0.0318. The first-order chi connectivity index (χ1) is 11.2. The molecule has 0 saturated carbocycles. The van der Waals surface area contributed by atoms with Crippen molar-refractivity contribution in [1.82, 2.24) is 0 Å². The number of carbonyl (C=O) groups excluding carboxylic acids is 2. The van der Waals surface area contributed by atoms with E-state index in [4.69, 9.17) is 4.74 Å². The standard InChI is InChI=1S/C17H15FO5S/c1-11(16(19)12-3-7-14(18)8-4-12)23-17(20)13-5-9-15(10-6-13)24(2,21)22/h3-11H,1-2H3/t11-/m1/s1. The minimum absolute atomic E-state index is 0.0782. The zero-order chi connectivity index (χ0) is 17.9. The Balaban J connectivity index is 2.08. The fraction of sp³-hybridized carbons (Fsp3) is 0.176. The number of ether oxygens (including phenoxy) is 1. The Morgan fingerprint density at radius 1 is 0.958 bits per heavy atom. The van der Waals surface area contributed by atoms with Gasteiger partial charge in [-0.15, -0.1) is 0 Å². The Labute approximate surface area is 139 Å². The minimum Gasteiger partial charge on any atom is -0.451 e. The van der Waals surface area contributed by atoms with Gasteiger partial charge in [0.2, 0.25) is 5.78 Å². The molecular formula is C17H15FO5S. The van der Waals surface area contributed by atoms with Gasteiger partial charge in [0.25, 0.3) is 0 Å². The van der Waals surface area contributed by atoms with Crippen LogP contribution in [0.2, 0.25) is 0 Å². The maximum absolute atomic E-state index is 12.9. The number of rotatable bonds is 5. The van der Waals surface area contributed by atoms with Gasteiger partial charge >= 0.3 is 5.97 Å². The second-order valence-corrected chi connectivity index (χ2v) is 7.23. The first-order valence-electron chi connectivity index (χ1n) is 6.99. The van der Waals surface area contributed by atoms with E-state index in [1.165, 1.54) is 43.3 Å². The van der Waals surface area contributed by atoms with Gasteiger partial charge in [-0.3, -0.25) is 4.79 Å². The van der Waals surface area contributed by atoms with Gasteiger partial charge < -0.3 is 4.74 Å². The third-order valence-electron chi connectivity index (χ3n) is 3.30. The number of halogens is 1. The third-order valence-corrected chi connectivity index (χ3v) is 4.43. The van der Waals surface area contributed by atoms with Gasteiger partial charge in [-0.2, -0.15) is 0 Å². The van der Waals surface area contributed by atoms with Crippen molar-refractivity contribution in [2.45, 2.75) is 17.9 Å². The average molecular weight is 350 g/mol. The van der Waals surface area contributed by atoms with E-state index >= 15 is 0 Å². The van der Waals surface area contributed by atoms with E-state index < -0.39 is 33.5 Å². The summed E-state index contributed by atoms with van der Waals surface area (Å²) >= 11 is 0. The van der Waals surface area contributed by atoms with Gasteiger partial charge in [-0.1, -0.05) is 0 Å². The summed E-state index contributed by atoms with van der Waals surface area (Å²) in [7, 11) is -3.36. The van der Waals surface area contributed by atoms with Crippen LogP contribution < -0.4 is 0 Å². The molecule has 0 spiro atoms. The van der Waals surface area contributed by atoms with Crippen molar-refractivity contribution in [2.75, 3.05) is 6.26 Å². The quantitative estimate of drug-likeness (QED) is 0.612. The van der Waals surface area contributed by atoms with Crippen LogP contribution in [-0.2, 0) is 14.6 Å². The van der Waals surface area contributed by atoms with Gasteiger partial charge in [0.1, 0.15) is 5.82 Å². The van der Waals surface area contributed by atoms with Gasteiger partial charge in [-0.25, -0.2) is 17.6 Å². The van der Waals surface area contributed by atoms with Crippen LogP contribution in [-0.4, -0.2) is 32.5 Å². The Kier molecular flexibility index (Phi) is 5.14. The molecule has 0 aliphatic heterocycles. The Morgan fingerprint density at radius 3 is 1.96 bits per heavy atom. The second-order valence-electron chi connectivity index (χ2n) is 5.22. The molecule has 0 N–H and O–H groups in total. The lowest BCUT2D eigenvalue weighted by Crippen LogP contribution is -2.24. The molecule has 7 heteroatoms. The molecule has 2 rings (SSSR count). The van der Waals surface area contributed by atoms with E-state index in [0.717, 1.165) is 18.4 Å². The smallest absolute Gasteiger partial charge is 0.338 e. The molecule has 0 aromatic heterocycles. The zero-order valence-corrected chi connectivity index (χ0v) is 13.8. The monoisotopic (exact) mass is 350 g/mol. The molecule has 0 radical (unpaired) electrons. The van der Waals surface area contributed by atoms with Gasteiger partial charge in [-0.05, 0) is 55.5 Å². The molecule has 5 nitrogen and oxygen atoms in total. The van der Waals surface area contributed by atoms with Crippen molar-refractivity contribution in [3.63, 3.8) is 0 Å². The van der Waals surface area contributed by atoms with E-state index in [9.17, 15) is 22.4 Å². The molecule has 126 valence electrons. The van der Waals surface area contributed by atoms with Crippen molar-refractivity contribution in [3.05, 3.63) is 65.5 Å². The van der Waals surface area contributed by atoms with Crippen LogP contribution in [0.3, 0.4) is 0 Å². The first-order valence-corrected chi connectivity index (χ1v) is 8.88. The number of esters is 1. The highest BCUT2D eigenvalue weighted by Gasteiger charge is 2.20. The molecule has 0 unspecified atom stereocenters. The number of sulfone groups is 1. The SMILES string of the molecule is C[C@@H](OC(=O)c1ccc(S(C)(=O)=O)cc1)C(=O)c1ccc(F)cc1. The van der Waals surface area contributed by atoms with Crippen LogP contribution in [0, 0.1) is 5.82 Å². The largest absolute Gasteiger partial charge is 0.451 e. The second kappa shape index (κ2) is 6.92. The lowest BCUT2D eigenvalue weighted by atomic mass is 10.1. The summed E-state index contributed by atoms with van der Waals surface area (Å²) in [5, 5.41) is 0. The summed E-state index contributed by atoms with van der Waals surface area (Å²) in [4.78, 5) is 24.2. The summed E-state index contributed by atoms with van der Waals surface area (Å²) in [6, 6.07) is 10.1. The van der Waals surface area contributed by atoms with E-state index in [0.29, 0.717) is 0 Å². The van der Waals surface area contributed by atoms with Crippen LogP contribution in [0.1, 0.15) is 27.6 Å². The van der Waals surface area contributed by atoms with Crippen molar-refractivity contribution >= 4 is 21.6 Å². The molecule has 0 heterocycles. The highest BCUT2D eigenvalue weighted by Crippen LogP contribution is 2.13. The van der Waals surface area contributed by atoms with Crippen LogP contribution >= 0.6 is 0 Å². The highest BCUT2D eigenvalue weighted by atomic mass is 32.2. The normalized spacial score (nSPS) is 12.5. The predicted molar refractivity (Wildman–Crippen MR) is 85.2 cm³/mol. The number of benzene rings is 2. The highest BCUT2D eigenvalue weighted by molar-refractivity contribution is 7.90. The topological polar surface area (TPSA) is 77.5 Å². The summed E-state index contributed by atoms with van der Waals surface area (Å²) < 4.78 is 40.7. The average Bonchev–Trinajstić information content (AvgIpc) is 2.54. The molecule has 1 atom stereocenters. The summed E-state index contributed by atoms with van der Waals surface area (Å²) in [5.74, 6) is -1.68. The maximum atomic E-state index is 12.9. The molecule has 2 aromatic carbocycles. The fourth-order valence-electron chi connectivity index (χ4n) is 1.97. The molecule has 0 fully saturated rings. The number of hydrogen-bond donors (Lipinski definition) is 0. The van der Waals surface area contributed by atoms with E-state index in [1.807, 2.05) is 0 Å². The molecule has 0 saturated heterocycles. The van der Waals surface area contributed by atoms with E-state index in [1.54, 1.807) is 0 Å². The van der Waals surface area contributed by atoms with Gasteiger partial charge in [0.05, 0.1) is 10.5 Å². The van der Waals surface area contributed by atoms with Crippen LogP contribution in [0.15, 0.2) is 53.4 Å². The van der Waals surface area contributed by atoms with Crippen LogP contribution in [0.4, 0.5) is 4.39 Å². The number of hydrogen-bond acceptors (Lipinski definition) is 5. The first kappa shape index (κ1) is 17.8. The van der Waals surface area contributed by atoms with E-state index in [-0.39, 0.29) is 16.0 Å². The fourth-order valence-corrected chi connectivity index (χ4v) is 2.60. The van der Waals surface area contributed by atoms with Crippen molar-refractivity contribution in [2.24, 2.45) is 0 Å². The Hall–Kier alpha value is -2.54.